The summed E-state index contributed by atoms with van der Waals surface area (Å²) < 4.78 is 0. The van der Waals surface area contributed by atoms with Crippen LogP contribution in [0.25, 0.3) is 0 Å². The van der Waals surface area contributed by atoms with Gasteiger partial charge in [0.2, 0.25) is 0 Å². The van der Waals surface area contributed by atoms with Crippen LogP contribution in [0.5, 0.6) is 0 Å². The van der Waals surface area contributed by atoms with Gasteiger partial charge in [0.25, 0.3) is 5.91 Å². The van der Waals surface area contributed by atoms with Gasteiger partial charge in [-0.3, -0.25) is 9.78 Å². The average Bonchev–Trinajstić information content (AvgIpc) is 3.15. The van der Waals surface area contributed by atoms with Crippen molar-refractivity contribution in [2.75, 3.05) is 6.61 Å². The van der Waals surface area contributed by atoms with Gasteiger partial charge in [0.1, 0.15) is 6.61 Å². The number of carbonyl (C=O) groups is 1. The van der Waals surface area contributed by atoms with Crippen LogP contribution >= 0.6 is 0 Å². The van der Waals surface area contributed by atoms with Crippen molar-refractivity contribution in [2.24, 2.45) is 5.92 Å². The van der Waals surface area contributed by atoms with E-state index in [4.69, 9.17) is 5.11 Å². The zero-order valence-electron chi connectivity index (χ0n) is 11.0. The van der Waals surface area contributed by atoms with Gasteiger partial charge in [-0.15, -0.1) is 0 Å². The molecule has 19 heavy (non-hydrogen) atoms. The highest BCUT2D eigenvalue weighted by Gasteiger charge is 2.37. The maximum atomic E-state index is 12.0. The van der Waals surface area contributed by atoms with E-state index in [1.54, 1.807) is 12.3 Å². The predicted octanol–water partition coefficient (Wildman–Crippen LogP) is 1.34. The molecule has 0 bridgehead atoms. The summed E-state index contributed by atoms with van der Waals surface area (Å²) in [6.45, 7) is 1.96. The third kappa shape index (κ3) is 3.80. The fourth-order valence-electron chi connectivity index (χ4n) is 2.14. The van der Waals surface area contributed by atoms with E-state index in [-0.39, 0.29) is 12.5 Å². The number of rotatable bonds is 4. The number of amides is 1. The van der Waals surface area contributed by atoms with Crippen molar-refractivity contribution >= 4 is 5.91 Å². The molecule has 1 heterocycles. The lowest BCUT2D eigenvalue weighted by atomic mass is 10.2. The minimum absolute atomic E-state index is 0.0937. The fourth-order valence-corrected chi connectivity index (χ4v) is 2.14. The summed E-state index contributed by atoms with van der Waals surface area (Å²) in [5.41, 5.74) is 1.16. The fraction of sp³-hybridized carbons (Fsp3) is 0.467. The average molecular weight is 258 g/mol. The molecule has 1 amide bonds. The Morgan fingerprint density at radius 2 is 2.42 bits per heavy atom. The normalized spacial score (nSPS) is 20.3. The molecular weight excluding hydrogens is 240 g/mol. The van der Waals surface area contributed by atoms with E-state index in [0.717, 1.165) is 12.8 Å². The van der Waals surface area contributed by atoms with Crippen LogP contribution < -0.4 is 5.32 Å². The second kappa shape index (κ2) is 6.35. The number of hydrogen-bond acceptors (Lipinski definition) is 3. The molecule has 0 spiro atoms. The van der Waals surface area contributed by atoms with Gasteiger partial charge >= 0.3 is 0 Å². The Morgan fingerprint density at radius 3 is 3.16 bits per heavy atom. The summed E-state index contributed by atoms with van der Waals surface area (Å²) in [6, 6.07) is 2.02. The number of aliphatic hydroxyl groups excluding tert-OH is 1. The van der Waals surface area contributed by atoms with Crippen LogP contribution in [0.2, 0.25) is 0 Å². The molecule has 0 aromatic carbocycles. The molecule has 0 saturated heterocycles. The number of pyridine rings is 1. The second-order valence-corrected chi connectivity index (χ2v) is 4.79. The van der Waals surface area contributed by atoms with Crippen LogP contribution in [0.3, 0.4) is 0 Å². The molecular formula is C15H18N2O2. The van der Waals surface area contributed by atoms with Gasteiger partial charge in [-0.1, -0.05) is 25.2 Å². The zero-order chi connectivity index (χ0) is 13.7. The Labute approximate surface area is 113 Å². The summed E-state index contributed by atoms with van der Waals surface area (Å²) in [5.74, 6) is 5.83. The topological polar surface area (TPSA) is 62.2 Å². The molecule has 4 nitrogen and oxygen atoms in total. The monoisotopic (exact) mass is 258 g/mol. The smallest absolute Gasteiger partial charge is 0.253 e. The molecule has 0 aliphatic heterocycles. The Kier molecular flexibility index (Phi) is 4.53. The third-order valence-corrected chi connectivity index (χ3v) is 3.21. The zero-order valence-corrected chi connectivity index (χ0v) is 11.0. The van der Waals surface area contributed by atoms with E-state index in [9.17, 15) is 4.79 Å². The molecule has 1 aliphatic rings. The van der Waals surface area contributed by atoms with E-state index in [1.807, 2.05) is 0 Å². The minimum atomic E-state index is -0.197. The molecule has 1 aromatic heterocycles. The number of nitrogens with one attached hydrogen (secondary N) is 1. The summed E-state index contributed by atoms with van der Waals surface area (Å²) in [4.78, 5) is 16.0. The number of aliphatic hydroxyl groups is 1. The summed E-state index contributed by atoms with van der Waals surface area (Å²) in [6.07, 6.45) is 6.53. The van der Waals surface area contributed by atoms with Crippen molar-refractivity contribution in [3.05, 3.63) is 29.6 Å². The lowest BCUT2D eigenvalue weighted by Gasteiger charge is -2.04. The molecule has 4 heteroatoms. The molecule has 1 aromatic rings. The SMILES string of the molecule is CCCC1CC1NC(=O)c1cncc(C#CCO)c1. The van der Waals surface area contributed by atoms with Crippen molar-refractivity contribution in [1.29, 1.82) is 0 Å². The first kappa shape index (κ1) is 13.6. The van der Waals surface area contributed by atoms with Gasteiger partial charge < -0.3 is 10.4 Å². The second-order valence-electron chi connectivity index (χ2n) is 4.79. The van der Waals surface area contributed by atoms with Gasteiger partial charge in [0, 0.05) is 24.0 Å². The van der Waals surface area contributed by atoms with Crippen molar-refractivity contribution in [2.45, 2.75) is 32.2 Å². The van der Waals surface area contributed by atoms with Crippen molar-refractivity contribution in [3.63, 3.8) is 0 Å². The summed E-state index contributed by atoms with van der Waals surface area (Å²) in [5, 5.41) is 11.7. The molecule has 1 fully saturated rings. The Hall–Kier alpha value is -1.86. The van der Waals surface area contributed by atoms with Crippen LogP contribution in [0.15, 0.2) is 18.5 Å². The van der Waals surface area contributed by atoms with Gasteiger partial charge in [0.15, 0.2) is 0 Å². The van der Waals surface area contributed by atoms with E-state index in [0.29, 0.717) is 23.1 Å². The Morgan fingerprint density at radius 1 is 1.58 bits per heavy atom. The number of nitrogens with zero attached hydrogens (tertiary/aromatic N) is 1. The van der Waals surface area contributed by atoms with E-state index in [2.05, 4.69) is 29.1 Å². The highest BCUT2D eigenvalue weighted by Crippen LogP contribution is 2.34. The quantitative estimate of drug-likeness (QED) is 0.801. The molecule has 2 atom stereocenters. The lowest BCUT2D eigenvalue weighted by Crippen LogP contribution is -2.27. The van der Waals surface area contributed by atoms with Crippen molar-refractivity contribution < 1.29 is 9.90 Å². The molecule has 1 saturated carbocycles. The van der Waals surface area contributed by atoms with Crippen LogP contribution in [0.1, 0.15) is 42.1 Å². The first-order valence-corrected chi connectivity index (χ1v) is 6.60. The van der Waals surface area contributed by atoms with Crippen molar-refractivity contribution in [1.82, 2.24) is 10.3 Å². The minimum Gasteiger partial charge on any atom is -0.384 e. The summed E-state index contributed by atoms with van der Waals surface area (Å²) >= 11 is 0. The molecule has 100 valence electrons. The van der Waals surface area contributed by atoms with Gasteiger partial charge in [-0.05, 0) is 24.8 Å². The Bertz CT molecular complexity index is 516. The highest BCUT2D eigenvalue weighted by molar-refractivity contribution is 5.94. The van der Waals surface area contributed by atoms with Crippen LogP contribution in [-0.4, -0.2) is 28.6 Å². The molecule has 2 rings (SSSR count). The van der Waals surface area contributed by atoms with Crippen molar-refractivity contribution in [3.8, 4) is 11.8 Å². The number of carbonyl (C=O) groups excluding carboxylic acids is 1. The molecule has 2 N–H and O–H groups in total. The highest BCUT2D eigenvalue weighted by atomic mass is 16.2. The van der Waals surface area contributed by atoms with Gasteiger partial charge in [-0.2, -0.15) is 0 Å². The summed E-state index contributed by atoms with van der Waals surface area (Å²) in [7, 11) is 0. The van der Waals surface area contributed by atoms with E-state index < -0.39 is 0 Å². The standard InChI is InChI=1S/C15H18N2O2/c1-2-4-12-8-14(12)17-15(19)13-7-11(5-3-6-18)9-16-10-13/h7,9-10,12,14,18H,2,4,6,8H2,1H3,(H,17,19). The van der Waals surface area contributed by atoms with Crippen LogP contribution in [0.4, 0.5) is 0 Å². The maximum absolute atomic E-state index is 12.0. The first-order valence-electron chi connectivity index (χ1n) is 6.60. The molecule has 0 radical (unpaired) electrons. The Balaban J connectivity index is 1.96. The first-order chi connectivity index (χ1) is 9.24. The largest absolute Gasteiger partial charge is 0.384 e. The predicted molar refractivity (Wildman–Crippen MR) is 72.5 cm³/mol. The van der Waals surface area contributed by atoms with Crippen LogP contribution in [-0.2, 0) is 0 Å². The maximum Gasteiger partial charge on any atom is 0.253 e. The van der Waals surface area contributed by atoms with Crippen LogP contribution in [0, 0.1) is 17.8 Å². The van der Waals surface area contributed by atoms with Gasteiger partial charge in [-0.25, -0.2) is 0 Å². The van der Waals surface area contributed by atoms with E-state index >= 15 is 0 Å². The van der Waals surface area contributed by atoms with E-state index in [1.165, 1.54) is 12.6 Å². The molecule has 1 aliphatic carbocycles. The lowest BCUT2D eigenvalue weighted by molar-refractivity contribution is 0.0948. The number of hydrogen-bond donors (Lipinski definition) is 2. The van der Waals surface area contributed by atoms with Gasteiger partial charge in [0.05, 0.1) is 5.56 Å². The third-order valence-electron chi connectivity index (χ3n) is 3.21. The number of aromatic nitrogens is 1. The molecule has 2 unspecified atom stereocenters.